The Kier molecular flexibility index (Phi) is 7.77. The topological polar surface area (TPSA) is 65.7 Å². The van der Waals surface area contributed by atoms with Crippen LogP contribution < -0.4 is 15.8 Å². The van der Waals surface area contributed by atoms with Crippen LogP contribution in [-0.4, -0.2) is 40.1 Å². The van der Waals surface area contributed by atoms with Crippen LogP contribution in [0.25, 0.3) is 0 Å². The van der Waals surface area contributed by atoms with Crippen LogP contribution in [0.1, 0.15) is 13.3 Å². The van der Waals surface area contributed by atoms with Crippen molar-refractivity contribution in [3.05, 3.63) is 18.2 Å². The monoisotopic (exact) mass is 268 g/mol. The molecule has 0 aliphatic carbocycles. The standard InChI is InChI=1S/C14H24N2O3/c1-3-5-19-14-10-12(15)9-13(11-14)16-4-6-18-8-7-17-2/h9-11,16H,3-8,15H2,1-2H3. The van der Waals surface area contributed by atoms with E-state index in [0.717, 1.165) is 24.4 Å². The molecule has 0 amide bonds. The van der Waals surface area contributed by atoms with Gasteiger partial charge in [0.25, 0.3) is 0 Å². The molecule has 3 N–H and O–H groups in total. The van der Waals surface area contributed by atoms with Crippen LogP contribution in [0.5, 0.6) is 5.75 Å². The lowest BCUT2D eigenvalue weighted by Crippen LogP contribution is -2.12. The van der Waals surface area contributed by atoms with E-state index in [1.54, 1.807) is 7.11 Å². The largest absolute Gasteiger partial charge is 0.493 e. The van der Waals surface area contributed by atoms with Crippen molar-refractivity contribution in [1.29, 1.82) is 0 Å². The van der Waals surface area contributed by atoms with E-state index in [9.17, 15) is 0 Å². The van der Waals surface area contributed by atoms with E-state index in [0.29, 0.717) is 32.1 Å². The first-order chi connectivity index (χ1) is 9.26. The zero-order chi connectivity index (χ0) is 13.9. The average Bonchev–Trinajstić information content (AvgIpc) is 2.40. The third kappa shape index (κ3) is 6.88. The van der Waals surface area contributed by atoms with Crippen molar-refractivity contribution in [3.8, 4) is 5.75 Å². The van der Waals surface area contributed by atoms with E-state index in [-0.39, 0.29) is 0 Å². The fourth-order valence-electron chi connectivity index (χ4n) is 1.54. The van der Waals surface area contributed by atoms with Crippen LogP contribution in [0.3, 0.4) is 0 Å². The van der Waals surface area contributed by atoms with Crippen LogP contribution in [0.2, 0.25) is 0 Å². The minimum atomic E-state index is 0.611. The predicted octanol–water partition coefficient (Wildman–Crippen LogP) is 2.13. The van der Waals surface area contributed by atoms with Crippen molar-refractivity contribution in [3.63, 3.8) is 0 Å². The highest BCUT2D eigenvalue weighted by Gasteiger charge is 2.00. The Morgan fingerprint density at radius 1 is 1.11 bits per heavy atom. The fourth-order valence-corrected chi connectivity index (χ4v) is 1.54. The quantitative estimate of drug-likeness (QED) is 0.502. The van der Waals surface area contributed by atoms with E-state index in [4.69, 9.17) is 19.9 Å². The molecule has 0 spiro atoms. The first kappa shape index (κ1) is 15.6. The minimum absolute atomic E-state index is 0.611. The highest BCUT2D eigenvalue weighted by molar-refractivity contribution is 5.59. The van der Waals surface area contributed by atoms with Crippen LogP contribution in [0.15, 0.2) is 18.2 Å². The second-order valence-electron chi connectivity index (χ2n) is 4.17. The van der Waals surface area contributed by atoms with Crippen LogP contribution in [0.4, 0.5) is 11.4 Å². The fraction of sp³-hybridized carbons (Fsp3) is 0.571. The van der Waals surface area contributed by atoms with Gasteiger partial charge in [0.15, 0.2) is 0 Å². The number of benzene rings is 1. The zero-order valence-electron chi connectivity index (χ0n) is 11.8. The summed E-state index contributed by atoms with van der Waals surface area (Å²) in [7, 11) is 1.66. The molecule has 0 atom stereocenters. The van der Waals surface area contributed by atoms with Gasteiger partial charge in [-0.1, -0.05) is 6.92 Å². The SMILES string of the molecule is CCCOc1cc(N)cc(NCCOCCOC)c1. The molecule has 1 aromatic rings. The van der Waals surface area contributed by atoms with Gasteiger partial charge >= 0.3 is 0 Å². The summed E-state index contributed by atoms with van der Waals surface area (Å²) in [4.78, 5) is 0. The Morgan fingerprint density at radius 3 is 2.68 bits per heavy atom. The number of rotatable bonds is 10. The Bertz CT molecular complexity index is 359. The number of nitrogen functional groups attached to an aromatic ring is 1. The molecule has 0 saturated carbocycles. The molecule has 0 radical (unpaired) electrons. The molecule has 0 aliphatic heterocycles. The second-order valence-corrected chi connectivity index (χ2v) is 4.17. The Labute approximate surface area is 115 Å². The number of ether oxygens (including phenoxy) is 3. The number of methoxy groups -OCH3 is 1. The van der Waals surface area contributed by atoms with E-state index in [1.165, 1.54) is 0 Å². The molecular weight excluding hydrogens is 244 g/mol. The van der Waals surface area contributed by atoms with Crippen LogP contribution in [-0.2, 0) is 9.47 Å². The molecule has 0 fully saturated rings. The highest BCUT2D eigenvalue weighted by atomic mass is 16.5. The first-order valence-electron chi connectivity index (χ1n) is 6.60. The molecule has 0 saturated heterocycles. The number of hydrogen-bond acceptors (Lipinski definition) is 5. The summed E-state index contributed by atoms with van der Waals surface area (Å²) in [6.45, 7) is 5.35. The first-order valence-corrected chi connectivity index (χ1v) is 6.60. The van der Waals surface area contributed by atoms with Gasteiger partial charge in [-0.3, -0.25) is 0 Å². The summed E-state index contributed by atoms with van der Waals surface area (Å²) in [5.74, 6) is 0.796. The highest BCUT2D eigenvalue weighted by Crippen LogP contribution is 2.22. The van der Waals surface area contributed by atoms with Gasteiger partial charge in [-0.2, -0.15) is 0 Å². The molecule has 1 aromatic carbocycles. The molecule has 0 heterocycles. The predicted molar refractivity (Wildman–Crippen MR) is 77.8 cm³/mol. The van der Waals surface area contributed by atoms with E-state index >= 15 is 0 Å². The van der Waals surface area contributed by atoms with E-state index < -0.39 is 0 Å². The molecule has 0 unspecified atom stereocenters. The molecule has 0 bridgehead atoms. The summed E-state index contributed by atoms with van der Waals surface area (Å²) in [5, 5.41) is 3.25. The van der Waals surface area contributed by atoms with Crippen molar-refractivity contribution in [1.82, 2.24) is 0 Å². The van der Waals surface area contributed by atoms with Gasteiger partial charge in [-0.05, 0) is 12.5 Å². The number of nitrogens with one attached hydrogen (secondary N) is 1. The van der Waals surface area contributed by atoms with Crippen molar-refractivity contribution in [2.24, 2.45) is 0 Å². The maximum Gasteiger partial charge on any atom is 0.123 e. The number of nitrogens with two attached hydrogens (primary N) is 1. The van der Waals surface area contributed by atoms with Gasteiger partial charge in [0.2, 0.25) is 0 Å². The smallest absolute Gasteiger partial charge is 0.123 e. The van der Waals surface area contributed by atoms with E-state index in [1.807, 2.05) is 18.2 Å². The van der Waals surface area contributed by atoms with E-state index in [2.05, 4.69) is 12.2 Å². The molecule has 108 valence electrons. The Morgan fingerprint density at radius 2 is 1.95 bits per heavy atom. The summed E-state index contributed by atoms with van der Waals surface area (Å²) >= 11 is 0. The van der Waals surface area contributed by atoms with Gasteiger partial charge in [-0.25, -0.2) is 0 Å². The summed E-state index contributed by atoms with van der Waals surface area (Å²) in [6, 6.07) is 5.66. The van der Waals surface area contributed by atoms with Gasteiger partial charge in [0, 0.05) is 37.2 Å². The number of anilines is 2. The van der Waals surface area contributed by atoms with Crippen molar-refractivity contribution >= 4 is 11.4 Å². The lowest BCUT2D eigenvalue weighted by atomic mass is 10.2. The molecular formula is C14H24N2O3. The molecule has 0 aliphatic rings. The maximum atomic E-state index is 5.83. The normalized spacial score (nSPS) is 10.4. The van der Waals surface area contributed by atoms with Gasteiger partial charge in [-0.15, -0.1) is 0 Å². The number of hydrogen-bond donors (Lipinski definition) is 2. The van der Waals surface area contributed by atoms with Gasteiger partial charge < -0.3 is 25.3 Å². The summed E-state index contributed by atoms with van der Waals surface area (Å²) in [6.07, 6.45) is 0.977. The minimum Gasteiger partial charge on any atom is -0.493 e. The second kappa shape index (κ2) is 9.47. The summed E-state index contributed by atoms with van der Waals surface area (Å²) in [5.41, 5.74) is 7.47. The molecule has 0 aromatic heterocycles. The third-order valence-corrected chi connectivity index (χ3v) is 2.41. The van der Waals surface area contributed by atoms with Crippen molar-refractivity contribution in [2.75, 3.05) is 51.1 Å². The van der Waals surface area contributed by atoms with Gasteiger partial charge in [0.05, 0.1) is 26.4 Å². The average molecular weight is 268 g/mol. The summed E-state index contributed by atoms with van der Waals surface area (Å²) < 4.78 is 15.8. The maximum absolute atomic E-state index is 5.83. The Balaban J connectivity index is 2.34. The molecule has 5 heteroatoms. The van der Waals surface area contributed by atoms with Gasteiger partial charge in [0.1, 0.15) is 5.75 Å². The van der Waals surface area contributed by atoms with Crippen molar-refractivity contribution in [2.45, 2.75) is 13.3 Å². The molecule has 19 heavy (non-hydrogen) atoms. The molecule has 1 rings (SSSR count). The lowest BCUT2D eigenvalue weighted by molar-refractivity contribution is 0.0759. The third-order valence-electron chi connectivity index (χ3n) is 2.41. The Hall–Kier alpha value is -1.46. The van der Waals surface area contributed by atoms with Crippen molar-refractivity contribution < 1.29 is 14.2 Å². The molecule has 5 nitrogen and oxygen atoms in total. The van der Waals surface area contributed by atoms with Crippen LogP contribution >= 0.6 is 0 Å². The lowest BCUT2D eigenvalue weighted by Gasteiger charge is -2.11. The van der Waals surface area contributed by atoms with Crippen LogP contribution in [0, 0.1) is 0 Å². The zero-order valence-corrected chi connectivity index (χ0v) is 11.8.